The molecule has 0 radical (unpaired) electrons. The van der Waals surface area contributed by atoms with E-state index >= 15 is 0 Å². The van der Waals surface area contributed by atoms with Gasteiger partial charge >= 0.3 is 0 Å². The molecule has 0 fully saturated rings. The molecule has 0 saturated heterocycles. The Morgan fingerprint density at radius 3 is 2.29 bits per heavy atom. The zero-order valence-corrected chi connectivity index (χ0v) is 9.30. The fraction of sp³-hybridized carbons (Fsp3) is 0.385. The normalized spacial score (nSPS) is 9.64. The SMILES string of the molecule is CC(C)=C(C)NCCc1ccccc1. The number of rotatable bonds is 4. The lowest BCUT2D eigenvalue weighted by atomic mass is 10.1. The minimum atomic E-state index is 1.01. The van der Waals surface area contributed by atoms with Crippen molar-refractivity contribution in [2.75, 3.05) is 6.54 Å². The number of allylic oxidation sites excluding steroid dienone is 2. The van der Waals surface area contributed by atoms with Crippen LogP contribution >= 0.6 is 0 Å². The number of nitrogens with one attached hydrogen (secondary N) is 1. The molecule has 1 heteroatoms. The quantitative estimate of drug-likeness (QED) is 0.767. The van der Waals surface area contributed by atoms with Crippen molar-refractivity contribution >= 4 is 0 Å². The first-order valence-electron chi connectivity index (χ1n) is 5.12. The van der Waals surface area contributed by atoms with E-state index in [1.54, 1.807) is 0 Å². The third-order valence-corrected chi connectivity index (χ3v) is 2.40. The third kappa shape index (κ3) is 3.65. The van der Waals surface area contributed by atoms with Crippen molar-refractivity contribution in [3.05, 3.63) is 47.2 Å². The number of hydrogen-bond donors (Lipinski definition) is 1. The molecular weight excluding hydrogens is 170 g/mol. The van der Waals surface area contributed by atoms with E-state index in [4.69, 9.17) is 0 Å². The fourth-order valence-corrected chi connectivity index (χ4v) is 1.22. The molecule has 0 unspecified atom stereocenters. The Kier molecular flexibility index (Phi) is 4.24. The van der Waals surface area contributed by atoms with Gasteiger partial charge in [0, 0.05) is 12.2 Å². The average Bonchev–Trinajstić information content (AvgIpc) is 2.19. The van der Waals surface area contributed by atoms with Gasteiger partial charge in [-0.2, -0.15) is 0 Å². The standard InChI is InChI=1S/C13H19N/c1-11(2)12(3)14-10-9-13-7-5-4-6-8-13/h4-8,14H,9-10H2,1-3H3. The molecule has 14 heavy (non-hydrogen) atoms. The molecule has 0 aliphatic heterocycles. The topological polar surface area (TPSA) is 12.0 Å². The summed E-state index contributed by atoms with van der Waals surface area (Å²) in [6.07, 6.45) is 1.09. The summed E-state index contributed by atoms with van der Waals surface area (Å²) >= 11 is 0. The molecule has 76 valence electrons. The Morgan fingerprint density at radius 1 is 1.07 bits per heavy atom. The van der Waals surface area contributed by atoms with Crippen LogP contribution < -0.4 is 5.32 Å². The van der Waals surface area contributed by atoms with Crippen LogP contribution in [0.2, 0.25) is 0 Å². The van der Waals surface area contributed by atoms with Crippen molar-refractivity contribution in [3.63, 3.8) is 0 Å². The maximum Gasteiger partial charge on any atom is 0.0184 e. The highest BCUT2D eigenvalue weighted by atomic mass is 14.9. The number of hydrogen-bond acceptors (Lipinski definition) is 1. The second-order valence-corrected chi connectivity index (χ2v) is 3.79. The largest absolute Gasteiger partial charge is 0.388 e. The highest BCUT2D eigenvalue weighted by molar-refractivity contribution is 5.15. The van der Waals surface area contributed by atoms with Gasteiger partial charge in [0.2, 0.25) is 0 Å². The maximum absolute atomic E-state index is 3.41. The molecule has 1 nitrogen and oxygen atoms in total. The Morgan fingerprint density at radius 2 is 1.71 bits per heavy atom. The molecule has 0 bridgehead atoms. The Labute approximate surface area is 86.8 Å². The molecule has 0 amide bonds. The van der Waals surface area contributed by atoms with Crippen LogP contribution in [0, 0.1) is 0 Å². The lowest BCUT2D eigenvalue weighted by Crippen LogP contribution is -2.15. The second-order valence-electron chi connectivity index (χ2n) is 3.79. The van der Waals surface area contributed by atoms with Crippen LogP contribution in [0.25, 0.3) is 0 Å². The highest BCUT2D eigenvalue weighted by Gasteiger charge is 1.92. The molecule has 1 aromatic carbocycles. The fourth-order valence-electron chi connectivity index (χ4n) is 1.22. The van der Waals surface area contributed by atoms with Crippen molar-refractivity contribution in [3.8, 4) is 0 Å². The summed E-state index contributed by atoms with van der Waals surface area (Å²) in [6, 6.07) is 10.6. The van der Waals surface area contributed by atoms with E-state index in [0.29, 0.717) is 0 Å². The number of benzene rings is 1. The minimum absolute atomic E-state index is 1.01. The molecule has 0 heterocycles. The molecule has 0 aromatic heterocycles. The summed E-state index contributed by atoms with van der Waals surface area (Å²) in [7, 11) is 0. The van der Waals surface area contributed by atoms with Gasteiger partial charge in [-0.25, -0.2) is 0 Å². The van der Waals surface area contributed by atoms with Gasteiger partial charge in [0.05, 0.1) is 0 Å². The third-order valence-electron chi connectivity index (χ3n) is 2.40. The zero-order valence-electron chi connectivity index (χ0n) is 9.30. The molecule has 1 rings (SSSR count). The Hall–Kier alpha value is -1.24. The van der Waals surface area contributed by atoms with Crippen molar-refractivity contribution in [2.24, 2.45) is 0 Å². The average molecular weight is 189 g/mol. The van der Waals surface area contributed by atoms with Crippen molar-refractivity contribution < 1.29 is 0 Å². The van der Waals surface area contributed by atoms with Crippen LogP contribution in [0.4, 0.5) is 0 Å². The smallest absolute Gasteiger partial charge is 0.0184 e. The molecule has 0 aliphatic carbocycles. The van der Waals surface area contributed by atoms with E-state index in [9.17, 15) is 0 Å². The monoisotopic (exact) mass is 189 g/mol. The van der Waals surface area contributed by atoms with E-state index in [1.165, 1.54) is 16.8 Å². The van der Waals surface area contributed by atoms with E-state index in [2.05, 4.69) is 56.4 Å². The van der Waals surface area contributed by atoms with E-state index in [-0.39, 0.29) is 0 Å². The summed E-state index contributed by atoms with van der Waals surface area (Å²) in [6.45, 7) is 7.40. The van der Waals surface area contributed by atoms with Crippen LogP contribution in [0.15, 0.2) is 41.6 Å². The van der Waals surface area contributed by atoms with Crippen molar-refractivity contribution in [1.82, 2.24) is 5.32 Å². The van der Waals surface area contributed by atoms with Gasteiger partial charge in [0.15, 0.2) is 0 Å². The van der Waals surface area contributed by atoms with Gasteiger partial charge in [0.1, 0.15) is 0 Å². The van der Waals surface area contributed by atoms with Gasteiger partial charge in [-0.05, 0) is 32.8 Å². The molecule has 0 saturated carbocycles. The predicted octanol–water partition coefficient (Wildman–Crippen LogP) is 3.13. The van der Waals surface area contributed by atoms with Gasteiger partial charge in [0.25, 0.3) is 0 Å². The van der Waals surface area contributed by atoms with E-state index in [1.807, 2.05) is 0 Å². The molecular formula is C13H19N. The first-order chi connectivity index (χ1) is 6.70. The first-order valence-corrected chi connectivity index (χ1v) is 5.12. The van der Waals surface area contributed by atoms with Gasteiger partial charge < -0.3 is 5.32 Å². The van der Waals surface area contributed by atoms with Gasteiger partial charge in [-0.15, -0.1) is 0 Å². The lowest BCUT2D eigenvalue weighted by molar-refractivity contribution is 0.778. The summed E-state index contributed by atoms with van der Waals surface area (Å²) in [4.78, 5) is 0. The summed E-state index contributed by atoms with van der Waals surface area (Å²) in [5, 5.41) is 3.41. The zero-order chi connectivity index (χ0) is 10.4. The lowest BCUT2D eigenvalue weighted by Gasteiger charge is -2.08. The van der Waals surface area contributed by atoms with Crippen LogP contribution in [0.3, 0.4) is 0 Å². The Balaban J connectivity index is 2.33. The predicted molar refractivity (Wildman–Crippen MR) is 62.2 cm³/mol. The van der Waals surface area contributed by atoms with Crippen LogP contribution in [0.1, 0.15) is 26.3 Å². The van der Waals surface area contributed by atoms with Crippen LogP contribution in [0.5, 0.6) is 0 Å². The Bertz CT molecular complexity index is 294. The summed E-state index contributed by atoms with van der Waals surface area (Å²) in [5.41, 5.74) is 4.04. The molecule has 0 atom stereocenters. The van der Waals surface area contributed by atoms with Crippen molar-refractivity contribution in [1.29, 1.82) is 0 Å². The molecule has 0 spiro atoms. The van der Waals surface area contributed by atoms with Crippen LogP contribution in [-0.4, -0.2) is 6.54 Å². The van der Waals surface area contributed by atoms with Crippen LogP contribution in [-0.2, 0) is 6.42 Å². The maximum atomic E-state index is 3.41. The molecule has 0 aliphatic rings. The van der Waals surface area contributed by atoms with E-state index in [0.717, 1.165) is 13.0 Å². The first kappa shape index (κ1) is 10.8. The summed E-state index contributed by atoms with van der Waals surface area (Å²) < 4.78 is 0. The molecule has 1 N–H and O–H groups in total. The second kappa shape index (κ2) is 5.48. The highest BCUT2D eigenvalue weighted by Crippen LogP contribution is 2.00. The van der Waals surface area contributed by atoms with Crippen molar-refractivity contribution in [2.45, 2.75) is 27.2 Å². The summed E-state index contributed by atoms with van der Waals surface area (Å²) in [5.74, 6) is 0. The van der Waals surface area contributed by atoms with E-state index < -0.39 is 0 Å². The molecule has 1 aromatic rings. The van der Waals surface area contributed by atoms with Gasteiger partial charge in [-0.3, -0.25) is 0 Å². The van der Waals surface area contributed by atoms with Gasteiger partial charge in [-0.1, -0.05) is 35.9 Å². The minimum Gasteiger partial charge on any atom is -0.388 e.